The van der Waals surface area contributed by atoms with Crippen LogP contribution >= 0.6 is 23.5 Å². The Morgan fingerprint density at radius 3 is 3.00 bits per heavy atom. The Morgan fingerprint density at radius 1 is 1.43 bits per heavy atom. The number of hydrogen-bond donors (Lipinski definition) is 3. The minimum Gasteiger partial charge on any atom is -0.383 e. The zero-order valence-corrected chi connectivity index (χ0v) is 15.4. The van der Waals surface area contributed by atoms with Gasteiger partial charge in [-0.3, -0.25) is 0 Å². The fourth-order valence-electron chi connectivity index (χ4n) is 3.08. The van der Waals surface area contributed by atoms with E-state index in [0.29, 0.717) is 18.2 Å². The van der Waals surface area contributed by atoms with Crippen LogP contribution in [-0.4, -0.2) is 31.2 Å². The molecule has 3 rings (SSSR count). The molecular formula is C17H28ClN3OS. The van der Waals surface area contributed by atoms with Gasteiger partial charge in [0.15, 0.2) is 0 Å². The van der Waals surface area contributed by atoms with Crippen molar-refractivity contribution in [2.75, 3.05) is 18.9 Å². The summed E-state index contributed by atoms with van der Waals surface area (Å²) in [6.07, 6.45) is 9.89. The van der Waals surface area contributed by atoms with Crippen LogP contribution in [0.4, 0.5) is 0 Å². The molecule has 1 saturated heterocycles. The number of hydrogen-bond acceptors (Lipinski definition) is 5. The number of halogens is 1. The fourth-order valence-corrected chi connectivity index (χ4v) is 4.16. The van der Waals surface area contributed by atoms with E-state index in [1.54, 1.807) is 11.9 Å². The molecule has 3 atom stereocenters. The molecular weight excluding hydrogens is 330 g/mol. The van der Waals surface area contributed by atoms with Crippen molar-refractivity contribution in [2.24, 2.45) is 5.92 Å². The summed E-state index contributed by atoms with van der Waals surface area (Å²) in [6.45, 7) is 4.10. The Morgan fingerprint density at radius 2 is 2.22 bits per heavy atom. The van der Waals surface area contributed by atoms with Gasteiger partial charge in [-0.25, -0.2) is 4.72 Å². The molecule has 1 fully saturated rings. The van der Waals surface area contributed by atoms with Crippen molar-refractivity contribution in [3.05, 3.63) is 22.5 Å². The average molecular weight is 358 g/mol. The molecule has 3 unspecified atom stereocenters. The summed E-state index contributed by atoms with van der Waals surface area (Å²) in [4.78, 5) is 0. The zero-order valence-electron chi connectivity index (χ0n) is 13.9. The lowest BCUT2D eigenvalue weighted by Crippen LogP contribution is -2.51. The van der Waals surface area contributed by atoms with Crippen LogP contribution in [0.3, 0.4) is 0 Å². The number of nitrogens with one attached hydrogen (secondary N) is 3. The first-order valence-electron chi connectivity index (χ1n) is 8.78. The Bertz CT molecular complexity index is 465. The van der Waals surface area contributed by atoms with Crippen LogP contribution in [-0.2, 0) is 4.74 Å². The largest absolute Gasteiger partial charge is 0.383 e. The van der Waals surface area contributed by atoms with E-state index in [1.807, 2.05) is 0 Å². The Hall–Kier alpha value is -0.360. The average Bonchev–Trinajstić information content (AvgIpc) is 3.41. The van der Waals surface area contributed by atoms with Gasteiger partial charge in [0.25, 0.3) is 0 Å². The standard InChI is InChI=1S/C17H28ClN3OS/c1-12(16-11-22-16)6-7-13(18)8-9-23-21-17-10-19-14-4-2-3-5-15(14)20-17/h7,12,16-17,19-21H,2-6,8-11H2,1H3/b13-7+. The minimum absolute atomic E-state index is 0.312. The highest BCUT2D eigenvalue weighted by Gasteiger charge is 2.28. The maximum Gasteiger partial charge on any atom is 0.103 e. The summed E-state index contributed by atoms with van der Waals surface area (Å²) in [5.41, 5.74) is 2.84. The van der Waals surface area contributed by atoms with Crippen molar-refractivity contribution in [1.29, 1.82) is 0 Å². The highest BCUT2D eigenvalue weighted by atomic mass is 35.5. The molecule has 0 aromatic heterocycles. The summed E-state index contributed by atoms with van der Waals surface area (Å²) < 4.78 is 8.81. The van der Waals surface area contributed by atoms with E-state index in [1.165, 1.54) is 37.1 Å². The lowest BCUT2D eigenvalue weighted by molar-refractivity contribution is 0.343. The summed E-state index contributed by atoms with van der Waals surface area (Å²) in [7, 11) is 0. The van der Waals surface area contributed by atoms with Crippen molar-refractivity contribution in [1.82, 2.24) is 15.4 Å². The van der Waals surface area contributed by atoms with E-state index in [9.17, 15) is 0 Å². The van der Waals surface area contributed by atoms with Crippen molar-refractivity contribution in [3.63, 3.8) is 0 Å². The maximum absolute atomic E-state index is 6.31. The SMILES string of the molecule is CC(C/C=C(/Cl)CCSNC1CNC2=C(CCCC2)N1)C1CO1. The first kappa shape index (κ1) is 17.5. The highest BCUT2D eigenvalue weighted by molar-refractivity contribution is 7.97. The van der Waals surface area contributed by atoms with E-state index in [2.05, 4.69) is 28.4 Å². The van der Waals surface area contributed by atoms with Crippen molar-refractivity contribution in [3.8, 4) is 0 Å². The molecule has 0 bridgehead atoms. The molecule has 0 saturated carbocycles. The number of epoxide rings is 1. The first-order valence-corrected chi connectivity index (χ1v) is 10.1. The lowest BCUT2D eigenvalue weighted by Gasteiger charge is -2.33. The quantitative estimate of drug-likeness (QED) is 0.353. The van der Waals surface area contributed by atoms with Crippen LogP contribution in [0.5, 0.6) is 0 Å². The Balaban J connectivity index is 1.29. The third-order valence-corrected chi connectivity index (χ3v) is 5.91. The molecule has 4 nitrogen and oxygen atoms in total. The molecule has 2 aliphatic heterocycles. The second kappa shape index (κ2) is 8.65. The second-order valence-electron chi connectivity index (χ2n) is 6.69. The fraction of sp³-hybridized carbons (Fsp3) is 0.765. The van der Waals surface area contributed by atoms with Crippen LogP contribution in [0.25, 0.3) is 0 Å². The molecule has 2 heterocycles. The van der Waals surface area contributed by atoms with E-state index < -0.39 is 0 Å². The third-order valence-electron chi connectivity index (χ3n) is 4.71. The van der Waals surface area contributed by atoms with Crippen molar-refractivity contribution in [2.45, 2.75) is 57.7 Å². The van der Waals surface area contributed by atoms with Crippen LogP contribution in [0, 0.1) is 5.92 Å². The number of allylic oxidation sites excluding steroid dienone is 4. The second-order valence-corrected chi connectivity index (χ2v) is 8.11. The van der Waals surface area contributed by atoms with E-state index in [-0.39, 0.29) is 0 Å². The van der Waals surface area contributed by atoms with Crippen LogP contribution in [0.2, 0.25) is 0 Å². The predicted octanol–water partition coefficient (Wildman–Crippen LogP) is 3.47. The van der Waals surface area contributed by atoms with Crippen molar-refractivity contribution < 1.29 is 4.74 Å². The van der Waals surface area contributed by atoms with Gasteiger partial charge in [0.2, 0.25) is 0 Å². The highest BCUT2D eigenvalue weighted by Crippen LogP contribution is 2.25. The zero-order chi connectivity index (χ0) is 16.1. The summed E-state index contributed by atoms with van der Waals surface area (Å²) in [6, 6.07) is 0. The van der Waals surface area contributed by atoms with Crippen LogP contribution < -0.4 is 15.4 Å². The summed E-state index contributed by atoms with van der Waals surface area (Å²) in [5.74, 6) is 1.58. The molecule has 3 N–H and O–H groups in total. The molecule has 1 aliphatic carbocycles. The van der Waals surface area contributed by atoms with E-state index >= 15 is 0 Å². The topological polar surface area (TPSA) is 48.6 Å². The molecule has 0 aromatic carbocycles. The molecule has 0 spiro atoms. The van der Waals surface area contributed by atoms with Gasteiger partial charge in [-0.15, -0.1) is 0 Å². The number of ether oxygens (including phenoxy) is 1. The van der Waals surface area contributed by atoms with Crippen LogP contribution in [0.15, 0.2) is 22.5 Å². The van der Waals surface area contributed by atoms with Gasteiger partial charge in [-0.05, 0) is 44.4 Å². The molecule has 3 aliphatic rings. The van der Waals surface area contributed by atoms with Gasteiger partial charge in [0.05, 0.1) is 12.7 Å². The molecule has 0 amide bonds. The smallest absolute Gasteiger partial charge is 0.103 e. The number of rotatable bonds is 8. The van der Waals surface area contributed by atoms with Crippen molar-refractivity contribution >= 4 is 23.5 Å². The molecule has 130 valence electrons. The van der Waals surface area contributed by atoms with Gasteiger partial charge in [0.1, 0.15) is 6.17 Å². The monoisotopic (exact) mass is 357 g/mol. The summed E-state index contributed by atoms with van der Waals surface area (Å²) >= 11 is 8.06. The normalized spacial score (nSPS) is 28.7. The first-order chi connectivity index (χ1) is 11.2. The minimum atomic E-state index is 0.312. The van der Waals surface area contributed by atoms with E-state index in [4.69, 9.17) is 16.3 Å². The van der Waals surface area contributed by atoms with E-state index in [0.717, 1.165) is 36.8 Å². The van der Waals surface area contributed by atoms with Gasteiger partial charge in [0, 0.05) is 28.7 Å². The van der Waals surface area contributed by atoms with Gasteiger partial charge in [-0.1, -0.05) is 36.5 Å². The van der Waals surface area contributed by atoms with Crippen LogP contribution in [0.1, 0.15) is 45.4 Å². The van der Waals surface area contributed by atoms with Gasteiger partial charge >= 0.3 is 0 Å². The summed E-state index contributed by atoms with van der Waals surface area (Å²) in [5, 5.41) is 8.16. The molecule has 6 heteroatoms. The molecule has 23 heavy (non-hydrogen) atoms. The lowest BCUT2D eigenvalue weighted by atomic mass is 9.99. The predicted molar refractivity (Wildman–Crippen MR) is 98.1 cm³/mol. The molecule has 0 radical (unpaired) electrons. The Labute approximate surface area is 149 Å². The van der Waals surface area contributed by atoms with Gasteiger partial charge in [-0.2, -0.15) is 0 Å². The maximum atomic E-state index is 6.31. The third kappa shape index (κ3) is 5.59. The Kier molecular flexibility index (Phi) is 6.57. The van der Waals surface area contributed by atoms with Gasteiger partial charge < -0.3 is 15.4 Å². The molecule has 0 aromatic rings.